The monoisotopic (exact) mass is 383 g/mol. The molecule has 0 atom stereocenters. The molecule has 0 saturated heterocycles. The SMILES string of the molecule is COCCNC(=O)c1cccc(C(=O)Nc2c(C(C)C)cccc2C(C)C)n1. The molecule has 0 radical (unpaired) electrons. The Bertz CT molecular complexity index is 805. The summed E-state index contributed by atoms with van der Waals surface area (Å²) in [5.74, 6) is -0.140. The summed E-state index contributed by atoms with van der Waals surface area (Å²) in [6.45, 7) is 9.18. The van der Waals surface area contributed by atoms with Crippen LogP contribution in [0.2, 0.25) is 0 Å². The summed E-state index contributed by atoms with van der Waals surface area (Å²) in [4.78, 5) is 29.3. The molecular weight excluding hydrogens is 354 g/mol. The number of hydrogen-bond acceptors (Lipinski definition) is 4. The van der Waals surface area contributed by atoms with Crippen LogP contribution in [0.5, 0.6) is 0 Å². The Balaban J connectivity index is 2.27. The molecule has 6 nitrogen and oxygen atoms in total. The van der Waals surface area contributed by atoms with Crippen LogP contribution in [-0.2, 0) is 4.74 Å². The first-order valence-electron chi connectivity index (χ1n) is 9.53. The van der Waals surface area contributed by atoms with Gasteiger partial charge in [-0.3, -0.25) is 9.59 Å². The topological polar surface area (TPSA) is 80.3 Å². The summed E-state index contributed by atoms with van der Waals surface area (Å²) < 4.78 is 4.92. The summed E-state index contributed by atoms with van der Waals surface area (Å²) in [5.41, 5.74) is 3.38. The van der Waals surface area contributed by atoms with Crippen LogP contribution in [0.3, 0.4) is 0 Å². The van der Waals surface area contributed by atoms with Crippen LogP contribution in [0.15, 0.2) is 36.4 Å². The number of pyridine rings is 1. The van der Waals surface area contributed by atoms with Crippen molar-refractivity contribution >= 4 is 17.5 Å². The maximum Gasteiger partial charge on any atom is 0.274 e. The number of anilines is 1. The molecule has 2 aromatic rings. The number of ether oxygens (including phenoxy) is 1. The van der Waals surface area contributed by atoms with Crippen molar-refractivity contribution in [1.82, 2.24) is 10.3 Å². The van der Waals surface area contributed by atoms with Gasteiger partial charge < -0.3 is 15.4 Å². The van der Waals surface area contributed by atoms with E-state index >= 15 is 0 Å². The summed E-state index contributed by atoms with van der Waals surface area (Å²) in [7, 11) is 1.57. The van der Waals surface area contributed by atoms with Gasteiger partial charge in [0, 0.05) is 19.3 Å². The number of carbonyl (C=O) groups is 2. The number of aromatic nitrogens is 1. The lowest BCUT2D eigenvalue weighted by Gasteiger charge is -2.20. The predicted molar refractivity (Wildman–Crippen MR) is 111 cm³/mol. The largest absolute Gasteiger partial charge is 0.383 e. The third kappa shape index (κ3) is 5.39. The molecule has 28 heavy (non-hydrogen) atoms. The molecule has 2 rings (SSSR count). The minimum absolute atomic E-state index is 0.199. The number of benzene rings is 1. The number of hydrogen-bond donors (Lipinski definition) is 2. The molecule has 0 aliphatic rings. The smallest absolute Gasteiger partial charge is 0.274 e. The van der Waals surface area contributed by atoms with Gasteiger partial charge in [0.15, 0.2) is 0 Å². The zero-order chi connectivity index (χ0) is 20.7. The van der Waals surface area contributed by atoms with Crippen molar-refractivity contribution in [3.8, 4) is 0 Å². The third-order valence-electron chi connectivity index (χ3n) is 4.42. The molecule has 1 heterocycles. The lowest BCUT2D eigenvalue weighted by molar-refractivity contribution is 0.0932. The van der Waals surface area contributed by atoms with Gasteiger partial charge in [-0.05, 0) is 35.1 Å². The minimum Gasteiger partial charge on any atom is -0.383 e. The molecule has 0 spiro atoms. The van der Waals surface area contributed by atoms with Gasteiger partial charge in [0.05, 0.1) is 6.61 Å². The highest BCUT2D eigenvalue weighted by molar-refractivity contribution is 6.04. The van der Waals surface area contributed by atoms with Gasteiger partial charge >= 0.3 is 0 Å². The minimum atomic E-state index is -0.336. The fraction of sp³-hybridized carbons (Fsp3) is 0.409. The molecule has 0 fully saturated rings. The first-order valence-corrected chi connectivity index (χ1v) is 9.53. The average molecular weight is 383 g/mol. The summed E-state index contributed by atoms with van der Waals surface area (Å²) in [6, 6.07) is 10.9. The molecular formula is C22H29N3O3. The fourth-order valence-corrected chi connectivity index (χ4v) is 2.92. The van der Waals surface area contributed by atoms with Crippen LogP contribution in [0.25, 0.3) is 0 Å². The Morgan fingerprint density at radius 2 is 1.46 bits per heavy atom. The molecule has 1 aromatic heterocycles. The summed E-state index contributed by atoms with van der Waals surface area (Å²) >= 11 is 0. The van der Waals surface area contributed by atoms with Crippen molar-refractivity contribution in [3.05, 3.63) is 58.9 Å². The molecule has 0 saturated carbocycles. The Labute approximate surface area is 166 Å². The first-order chi connectivity index (χ1) is 13.3. The Morgan fingerprint density at radius 3 is 2.00 bits per heavy atom. The molecule has 150 valence electrons. The number of carbonyl (C=O) groups excluding carboxylic acids is 2. The van der Waals surface area contributed by atoms with Crippen LogP contribution in [0, 0.1) is 0 Å². The lowest BCUT2D eigenvalue weighted by atomic mass is 9.92. The lowest BCUT2D eigenvalue weighted by Crippen LogP contribution is -2.28. The van der Waals surface area contributed by atoms with Gasteiger partial charge in [-0.15, -0.1) is 0 Å². The number of amides is 2. The number of nitrogens with zero attached hydrogens (tertiary/aromatic N) is 1. The van der Waals surface area contributed by atoms with Crippen molar-refractivity contribution in [2.24, 2.45) is 0 Å². The highest BCUT2D eigenvalue weighted by Gasteiger charge is 2.18. The Hall–Kier alpha value is -2.73. The van der Waals surface area contributed by atoms with E-state index in [1.807, 2.05) is 18.2 Å². The highest BCUT2D eigenvalue weighted by Crippen LogP contribution is 2.32. The quantitative estimate of drug-likeness (QED) is 0.676. The van der Waals surface area contributed by atoms with E-state index in [9.17, 15) is 9.59 Å². The number of para-hydroxylation sites is 1. The highest BCUT2D eigenvalue weighted by atomic mass is 16.5. The van der Waals surface area contributed by atoms with E-state index in [1.165, 1.54) is 0 Å². The first kappa shape index (κ1) is 21.6. The molecule has 0 unspecified atom stereocenters. The second kappa shape index (κ2) is 9.99. The van der Waals surface area contributed by atoms with Crippen LogP contribution in [-0.4, -0.2) is 37.1 Å². The Kier molecular flexibility index (Phi) is 7.70. The average Bonchev–Trinajstić information content (AvgIpc) is 2.67. The molecule has 1 aromatic carbocycles. The normalized spacial score (nSPS) is 11.0. The van der Waals surface area contributed by atoms with Crippen LogP contribution < -0.4 is 10.6 Å². The predicted octanol–water partition coefficient (Wildman–Crippen LogP) is 3.96. The van der Waals surface area contributed by atoms with Gasteiger partial charge in [-0.1, -0.05) is 52.0 Å². The summed E-state index contributed by atoms with van der Waals surface area (Å²) in [6.07, 6.45) is 0. The van der Waals surface area contributed by atoms with Crippen molar-refractivity contribution in [1.29, 1.82) is 0 Å². The van der Waals surface area contributed by atoms with Crippen molar-refractivity contribution in [3.63, 3.8) is 0 Å². The molecule has 6 heteroatoms. The molecule has 0 aliphatic carbocycles. The van der Waals surface area contributed by atoms with Crippen molar-refractivity contribution in [2.45, 2.75) is 39.5 Å². The zero-order valence-electron chi connectivity index (χ0n) is 17.2. The fourth-order valence-electron chi connectivity index (χ4n) is 2.92. The van der Waals surface area contributed by atoms with Crippen molar-refractivity contribution < 1.29 is 14.3 Å². The van der Waals surface area contributed by atoms with E-state index in [0.29, 0.717) is 13.2 Å². The Morgan fingerprint density at radius 1 is 0.929 bits per heavy atom. The second-order valence-electron chi connectivity index (χ2n) is 7.23. The third-order valence-corrected chi connectivity index (χ3v) is 4.42. The summed E-state index contributed by atoms with van der Waals surface area (Å²) in [5, 5.41) is 5.73. The maximum atomic E-state index is 12.9. The van der Waals surface area contributed by atoms with Gasteiger partial charge in [0.1, 0.15) is 11.4 Å². The molecule has 2 N–H and O–H groups in total. The van der Waals surface area contributed by atoms with E-state index in [1.54, 1.807) is 25.3 Å². The number of nitrogens with one attached hydrogen (secondary N) is 2. The zero-order valence-corrected chi connectivity index (χ0v) is 17.2. The van der Waals surface area contributed by atoms with E-state index < -0.39 is 0 Å². The van der Waals surface area contributed by atoms with Gasteiger partial charge in [-0.25, -0.2) is 4.98 Å². The van der Waals surface area contributed by atoms with E-state index in [0.717, 1.165) is 16.8 Å². The van der Waals surface area contributed by atoms with E-state index in [4.69, 9.17) is 4.74 Å². The van der Waals surface area contributed by atoms with Gasteiger partial charge in [-0.2, -0.15) is 0 Å². The van der Waals surface area contributed by atoms with Gasteiger partial charge in [0.2, 0.25) is 0 Å². The second-order valence-corrected chi connectivity index (χ2v) is 7.23. The van der Waals surface area contributed by atoms with Gasteiger partial charge in [0.25, 0.3) is 11.8 Å². The van der Waals surface area contributed by atoms with Crippen molar-refractivity contribution in [2.75, 3.05) is 25.6 Å². The molecule has 2 amide bonds. The van der Waals surface area contributed by atoms with Crippen LogP contribution in [0.1, 0.15) is 71.6 Å². The van der Waals surface area contributed by atoms with Crippen LogP contribution >= 0.6 is 0 Å². The maximum absolute atomic E-state index is 12.9. The number of rotatable bonds is 8. The van der Waals surface area contributed by atoms with Crippen LogP contribution in [0.4, 0.5) is 5.69 Å². The molecule has 0 bridgehead atoms. The molecule has 0 aliphatic heterocycles. The van der Waals surface area contributed by atoms with E-state index in [-0.39, 0.29) is 35.0 Å². The standard InChI is InChI=1S/C22H29N3O3/c1-14(2)16-8-6-9-17(15(3)4)20(16)25-22(27)19-11-7-10-18(24-19)21(26)23-12-13-28-5/h6-11,14-15H,12-13H2,1-5H3,(H,23,26)(H,25,27). The van der Waals surface area contributed by atoms with E-state index in [2.05, 4.69) is 43.3 Å². The number of methoxy groups -OCH3 is 1.